The van der Waals surface area contributed by atoms with Crippen LogP contribution >= 0.6 is 20.3 Å². The maximum absolute atomic E-state index is 4.73. The Bertz CT molecular complexity index is 2350. The second-order valence-corrected chi connectivity index (χ2v) is 18.3. The van der Waals surface area contributed by atoms with Crippen molar-refractivity contribution in [1.29, 1.82) is 0 Å². The predicted octanol–water partition coefficient (Wildman–Crippen LogP) is 15.1. The van der Waals surface area contributed by atoms with E-state index in [4.69, 9.17) is 20.3 Å². The molecule has 2 unspecified atom stereocenters. The van der Waals surface area contributed by atoms with E-state index in [0.717, 1.165) is 0 Å². The molecule has 0 aliphatic heterocycles. The van der Waals surface area contributed by atoms with E-state index >= 15 is 0 Å². The van der Waals surface area contributed by atoms with Gasteiger partial charge in [-0.05, 0) is 96.5 Å². The molecule has 2 atom stereocenters. The molecule has 3 nitrogen and oxygen atoms in total. The summed E-state index contributed by atoms with van der Waals surface area (Å²) in [7, 11) is 9.47. The van der Waals surface area contributed by atoms with Crippen LogP contribution < -0.4 is 15.2 Å². The van der Waals surface area contributed by atoms with Crippen LogP contribution in [0.1, 0.15) is 131 Å². The first kappa shape index (κ1) is 44.2. The van der Waals surface area contributed by atoms with Gasteiger partial charge < -0.3 is 10.6 Å². The Labute approximate surface area is 379 Å². The summed E-state index contributed by atoms with van der Waals surface area (Å²) in [4.78, 5) is 0. The molecule has 7 aromatic rings. The first-order valence-corrected chi connectivity index (χ1v) is 24.5. The summed E-state index contributed by atoms with van der Waals surface area (Å²) in [6.07, 6.45) is 7.20. The Morgan fingerprint density at radius 3 is 1.49 bits per heavy atom. The van der Waals surface area contributed by atoms with Crippen LogP contribution in [-0.2, 0) is 12.9 Å². The molecule has 0 saturated heterocycles. The number of pyridine rings is 1. The number of aryl methyl sites for hydroxylation is 3. The fourth-order valence-corrected chi connectivity index (χ4v) is 9.71. The number of hydrogen-bond donors (Lipinski definition) is 2. The van der Waals surface area contributed by atoms with E-state index < -0.39 is 0 Å². The van der Waals surface area contributed by atoms with E-state index in [0.29, 0.717) is 18.8 Å². The minimum absolute atomic E-state index is 0.0154. The van der Waals surface area contributed by atoms with Crippen LogP contribution in [0, 0.1) is 20.8 Å². The number of nitrogens with zero attached hydrogens (tertiary/aromatic N) is 1. The molecular weight excluding hydrogens is 832 g/mol. The van der Waals surface area contributed by atoms with Crippen LogP contribution in [0.15, 0.2) is 170 Å². The van der Waals surface area contributed by atoms with Gasteiger partial charge in [-0.25, -0.2) is 0 Å². The average molecular weight is 891 g/mol. The molecule has 315 valence electrons. The SMILES string of the molecule is Cc1cc(C)c(NC(C)[n+]2ccccc2C(C)Nc2c(C3CCCC3)cc(C(c3ccccc3)c3ccccc3)cc2C(c2ccccc2)c2ccccc2)c(C)c1.[Cl][Co][Cl]. The standard InChI is InChI=1S/C55H58N3.2ClH.Co/c1-38-34-39(2)54(40(3)35-38)57-42(5)58-33-21-20-32-51(58)41(4)56-55-49(43-22-18-19-23-43)36-48(52(44-24-10-6-11-25-44)45-26-12-7-13-27-45)37-50(55)53(46-28-14-8-15-29-46)47-30-16-9-17-31-47;;;/h6-17,20-21,24-37,41-43,52-53,56-57H,18-19,22-23H2,1-5H3;2*1H;/q+1;;;+2/p-2. The normalized spacial score (nSPS) is 13.8. The Balaban J connectivity index is 0.00000182. The molecule has 1 fully saturated rings. The van der Waals surface area contributed by atoms with E-state index in [1.54, 1.807) is 0 Å². The third-order valence-electron chi connectivity index (χ3n) is 12.4. The summed E-state index contributed by atoms with van der Waals surface area (Å²) in [5.74, 6) is 0.598. The van der Waals surface area contributed by atoms with Crippen LogP contribution in [0.2, 0.25) is 0 Å². The van der Waals surface area contributed by atoms with Gasteiger partial charge in [0, 0.05) is 42.3 Å². The van der Waals surface area contributed by atoms with Crippen molar-refractivity contribution in [1.82, 2.24) is 0 Å². The van der Waals surface area contributed by atoms with E-state index in [1.165, 1.54) is 98.4 Å². The molecule has 1 heterocycles. The summed E-state index contributed by atoms with van der Waals surface area (Å²) in [6, 6.07) is 60.8. The number of nitrogens with one attached hydrogen (secondary N) is 2. The van der Waals surface area contributed by atoms with Gasteiger partial charge in [0.05, 0.1) is 0 Å². The van der Waals surface area contributed by atoms with Crippen molar-refractivity contribution in [3.05, 3.63) is 231 Å². The molecule has 61 heavy (non-hydrogen) atoms. The molecular formula is C55H58Cl2CoN3+. The molecule has 1 aliphatic carbocycles. The number of aromatic nitrogens is 1. The second kappa shape index (κ2) is 21.3. The van der Waals surface area contributed by atoms with Gasteiger partial charge in [0.2, 0.25) is 11.9 Å². The van der Waals surface area contributed by atoms with Crippen molar-refractivity contribution in [2.75, 3.05) is 10.6 Å². The predicted molar refractivity (Wildman–Crippen MR) is 255 cm³/mol. The fraction of sp³-hybridized carbons (Fsp3) is 0.255. The van der Waals surface area contributed by atoms with Crippen molar-refractivity contribution in [3.8, 4) is 0 Å². The molecule has 2 N–H and O–H groups in total. The van der Waals surface area contributed by atoms with Crippen molar-refractivity contribution in [2.24, 2.45) is 0 Å². The van der Waals surface area contributed by atoms with Gasteiger partial charge in [0.25, 0.3) is 0 Å². The zero-order valence-electron chi connectivity index (χ0n) is 35.9. The van der Waals surface area contributed by atoms with E-state index in [2.05, 4.69) is 220 Å². The molecule has 0 spiro atoms. The van der Waals surface area contributed by atoms with Gasteiger partial charge in [-0.15, -0.1) is 0 Å². The summed E-state index contributed by atoms with van der Waals surface area (Å²) in [6.45, 7) is 11.2. The van der Waals surface area contributed by atoms with Crippen LogP contribution in [0.3, 0.4) is 0 Å². The molecule has 6 aromatic carbocycles. The van der Waals surface area contributed by atoms with E-state index in [9.17, 15) is 0 Å². The van der Waals surface area contributed by atoms with Crippen LogP contribution in [0.5, 0.6) is 0 Å². The topological polar surface area (TPSA) is 27.9 Å². The zero-order chi connectivity index (χ0) is 42.7. The molecule has 0 radical (unpaired) electrons. The van der Waals surface area contributed by atoms with Gasteiger partial charge in [-0.2, -0.15) is 4.57 Å². The van der Waals surface area contributed by atoms with Gasteiger partial charge in [0.1, 0.15) is 6.04 Å². The van der Waals surface area contributed by atoms with Crippen LogP contribution in [0.4, 0.5) is 11.4 Å². The minimum atomic E-state index is 0.0154. The summed E-state index contributed by atoms with van der Waals surface area (Å²) in [5, 5.41) is 8.17. The zero-order valence-corrected chi connectivity index (χ0v) is 38.5. The van der Waals surface area contributed by atoms with E-state index in [1.807, 2.05) is 0 Å². The van der Waals surface area contributed by atoms with Crippen molar-refractivity contribution in [2.45, 2.75) is 90.3 Å². The molecule has 1 saturated carbocycles. The number of benzene rings is 6. The Kier molecular flexibility index (Phi) is 15.4. The van der Waals surface area contributed by atoms with Crippen LogP contribution in [0.25, 0.3) is 0 Å². The average Bonchev–Trinajstić information content (AvgIpc) is 3.83. The van der Waals surface area contributed by atoms with Crippen molar-refractivity contribution >= 4 is 31.7 Å². The third-order valence-corrected chi connectivity index (χ3v) is 12.4. The Morgan fingerprint density at radius 2 is 1.00 bits per heavy atom. The quantitative estimate of drug-likeness (QED) is 0.0892. The third kappa shape index (κ3) is 10.6. The van der Waals surface area contributed by atoms with Crippen LogP contribution in [-0.4, -0.2) is 0 Å². The molecule has 1 aliphatic rings. The van der Waals surface area contributed by atoms with E-state index in [-0.39, 0.29) is 24.0 Å². The van der Waals surface area contributed by atoms with Gasteiger partial charge in [0.15, 0.2) is 6.20 Å². The number of rotatable bonds is 13. The molecule has 6 heteroatoms. The van der Waals surface area contributed by atoms with Gasteiger partial charge in [-0.1, -0.05) is 170 Å². The fourth-order valence-electron chi connectivity index (χ4n) is 9.71. The summed E-state index contributed by atoms with van der Waals surface area (Å²) < 4.78 is 2.41. The van der Waals surface area contributed by atoms with Crippen molar-refractivity contribution < 1.29 is 17.5 Å². The Hall–Kier alpha value is -4.84. The monoisotopic (exact) mass is 889 g/mol. The van der Waals surface area contributed by atoms with Crippen molar-refractivity contribution in [3.63, 3.8) is 0 Å². The molecule has 0 amide bonds. The number of anilines is 2. The summed E-state index contributed by atoms with van der Waals surface area (Å²) >= 11 is 0.382. The maximum atomic E-state index is 4.73. The molecule has 0 bridgehead atoms. The molecule has 8 rings (SSSR count). The first-order chi connectivity index (χ1) is 29.8. The first-order valence-electron chi connectivity index (χ1n) is 21.6. The summed E-state index contributed by atoms with van der Waals surface area (Å²) in [5.41, 5.74) is 16.9. The van der Waals surface area contributed by atoms with Gasteiger partial charge in [-0.3, -0.25) is 0 Å². The molecule has 1 aromatic heterocycles. The Morgan fingerprint density at radius 1 is 0.541 bits per heavy atom. The number of halogens is 2. The number of hydrogen-bond acceptors (Lipinski definition) is 2. The van der Waals surface area contributed by atoms with Gasteiger partial charge >= 0.3 is 33.2 Å². The second-order valence-electron chi connectivity index (χ2n) is 16.6.